The number of anilines is 1. The molecular formula is C24H24BrN7O. The fraction of sp³-hybridized carbons (Fsp3) is 0.375. The third-order valence-electron chi connectivity index (χ3n) is 6.50. The summed E-state index contributed by atoms with van der Waals surface area (Å²) in [6.07, 6.45) is 8.00. The van der Waals surface area contributed by atoms with Gasteiger partial charge in [0.1, 0.15) is 28.8 Å². The Morgan fingerprint density at radius 3 is 2.79 bits per heavy atom. The molecule has 8 nitrogen and oxygen atoms in total. The van der Waals surface area contributed by atoms with E-state index in [0.717, 1.165) is 64.3 Å². The van der Waals surface area contributed by atoms with Gasteiger partial charge in [-0.05, 0) is 71.8 Å². The molecule has 5 heterocycles. The SMILES string of the molecule is Brc1ccc2c(n1)c(N1CCC(/C(=N/OCC3CC3)c3ccccn3)CC1)cc1nncn12. The van der Waals surface area contributed by atoms with Crippen molar-refractivity contribution in [1.29, 1.82) is 0 Å². The van der Waals surface area contributed by atoms with E-state index in [1.165, 1.54) is 12.8 Å². The maximum absolute atomic E-state index is 5.75. The van der Waals surface area contributed by atoms with Gasteiger partial charge in [-0.2, -0.15) is 0 Å². The Morgan fingerprint density at radius 1 is 1.12 bits per heavy atom. The van der Waals surface area contributed by atoms with Crippen molar-refractivity contribution >= 4 is 44.0 Å². The highest BCUT2D eigenvalue weighted by molar-refractivity contribution is 9.10. The lowest BCUT2D eigenvalue weighted by Gasteiger charge is -2.34. The number of halogens is 1. The summed E-state index contributed by atoms with van der Waals surface area (Å²) in [5, 5.41) is 13.0. The van der Waals surface area contributed by atoms with Gasteiger partial charge in [-0.3, -0.25) is 9.38 Å². The molecule has 33 heavy (non-hydrogen) atoms. The fourth-order valence-corrected chi connectivity index (χ4v) is 4.82. The first-order chi connectivity index (χ1) is 16.3. The van der Waals surface area contributed by atoms with Crippen LogP contribution in [-0.4, -0.2) is 50.0 Å². The molecule has 2 fully saturated rings. The molecule has 1 saturated carbocycles. The van der Waals surface area contributed by atoms with Crippen molar-refractivity contribution in [3.8, 4) is 0 Å². The maximum atomic E-state index is 5.75. The number of hydrogen-bond donors (Lipinski definition) is 0. The van der Waals surface area contributed by atoms with E-state index in [1.807, 2.05) is 34.9 Å². The number of hydrogen-bond acceptors (Lipinski definition) is 7. The molecule has 2 aliphatic rings. The number of fused-ring (bicyclic) bond motifs is 3. The van der Waals surface area contributed by atoms with Crippen LogP contribution in [0.15, 0.2) is 58.7 Å². The lowest BCUT2D eigenvalue weighted by atomic mass is 9.89. The molecule has 0 spiro atoms. The predicted molar refractivity (Wildman–Crippen MR) is 130 cm³/mol. The Bertz CT molecular complexity index is 1310. The summed E-state index contributed by atoms with van der Waals surface area (Å²) in [5.74, 6) is 0.978. The van der Waals surface area contributed by atoms with Crippen molar-refractivity contribution in [3.05, 3.63) is 59.2 Å². The van der Waals surface area contributed by atoms with Gasteiger partial charge in [-0.25, -0.2) is 4.98 Å². The monoisotopic (exact) mass is 505 g/mol. The molecule has 0 aromatic carbocycles. The summed E-state index contributed by atoms with van der Waals surface area (Å²) in [7, 11) is 0. The van der Waals surface area contributed by atoms with Gasteiger partial charge >= 0.3 is 0 Å². The van der Waals surface area contributed by atoms with E-state index >= 15 is 0 Å². The second-order valence-electron chi connectivity index (χ2n) is 8.78. The number of rotatable bonds is 6. The minimum absolute atomic E-state index is 0.304. The quantitative estimate of drug-likeness (QED) is 0.218. The number of aromatic nitrogens is 5. The standard InChI is InChI=1S/C24H24BrN7O/c25-21-7-6-19-24(28-21)20(13-22-29-27-15-32(19)22)31-11-8-17(9-12-31)23(18-3-1-2-10-26-18)30-33-14-16-4-5-16/h1-3,6-7,10,13,15-17H,4-5,8-9,11-12,14H2/b30-23-. The van der Waals surface area contributed by atoms with Crippen LogP contribution in [0.1, 0.15) is 31.4 Å². The first kappa shape index (κ1) is 20.5. The summed E-state index contributed by atoms with van der Waals surface area (Å²) in [5.41, 5.74) is 5.74. The van der Waals surface area contributed by atoms with E-state index in [9.17, 15) is 0 Å². The van der Waals surface area contributed by atoms with Crippen molar-refractivity contribution in [3.63, 3.8) is 0 Å². The average molecular weight is 506 g/mol. The van der Waals surface area contributed by atoms with Gasteiger partial charge in [-0.1, -0.05) is 11.2 Å². The van der Waals surface area contributed by atoms with Crippen LogP contribution in [-0.2, 0) is 4.84 Å². The number of pyridine rings is 3. The zero-order valence-corrected chi connectivity index (χ0v) is 19.7. The molecule has 0 unspecified atom stereocenters. The molecule has 0 N–H and O–H groups in total. The number of piperidine rings is 1. The molecular weight excluding hydrogens is 482 g/mol. The van der Waals surface area contributed by atoms with Crippen LogP contribution in [0.5, 0.6) is 0 Å². The van der Waals surface area contributed by atoms with Gasteiger partial charge in [0.2, 0.25) is 0 Å². The van der Waals surface area contributed by atoms with Gasteiger partial charge in [0.15, 0.2) is 5.65 Å². The third kappa shape index (κ3) is 4.17. The van der Waals surface area contributed by atoms with Crippen LogP contribution in [0, 0.1) is 11.8 Å². The van der Waals surface area contributed by atoms with Crippen molar-refractivity contribution in [1.82, 2.24) is 24.6 Å². The van der Waals surface area contributed by atoms with Gasteiger partial charge in [0.25, 0.3) is 0 Å². The summed E-state index contributed by atoms with van der Waals surface area (Å²) in [6.45, 7) is 2.50. The van der Waals surface area contributed by atoms with Crippen LogP contribution in [0.2, 0.25) is 0 Å². The topological polar surface area (TPSA) is 80.8 Å². The zero-order valence-electron chi connectivity index (χ0n) is 18.1. The minimum Gasteiger partial charge on any atom is -0.395 e. The molecule has 0 amide bonds. The molecule has 0 atom stereocenters. The molecule has 6 rings (SSSR count). The predicted octanol–water partition coefficient (Wildman–Crippen LogP) is 4.48. The summed E-state index contributed by atoms with van der Waals surface area (Å²) in [4.78, 5) is 17.5. The first-order valence-electron chi connectivity index (χ1n) is 11.4. The van der Waals surface area contributed by atoms with Crippen molar-refractivity contribution in [2.75, 3.05) is 24.6 Å². The second-order valence-corrected chi connectivity index (χ2v) is 9.59. The molecule has 4 aromatic rings. The van der Waals surface area contributed by atoms with Crippen LogP contribution in [0.4, 0.5) is 5.69 Å². The maximum Gasteiger partial charge on any atom is 0.163 e. The number of nitrogens with zero attached hydrogens (tertiary/aromatic N) is 7. The largest absolute Gasteiger partial charge is 0.395 e. The Balaban J connectivity index is 1.27. The van der Waals surface area contributed by atoms with E-state index in [4.69, 9.17) is 9.82 Å². The Labute approximate surface area is 199 Å². The highest BCUT2D eigenvalue weighted by atomic mass is 79.9. The summed E-state index contributed by atoms with van der Waals surface area (Å²) >= 11 is 3.53. The Kier molecular flexibility index (Phi) is 5.41. The molecule has 1 aliphatic carbocycles. The average Bonchev–Trinajstić information content (AvgIpc) is 3.56. The minimum atomic E-state index is 0.304. The van der Waals surface area contributed by atoms with E-state index in [-0.39, 0.29) is 0 Å². The van der Waals surface area contributed by atoms with Crippen molar-refractivity contribution in [2.24, 2.45) is 17.0 Å². The molecule has 1 saturated heterocycles. The highest BCUT2D eigenvalue weighted by Gasteiger charge is 2.28. The Hall–Kier alpha value is -3.07. The normalized spacial score (nSPS) is 17.7. The van der Waals surface area contributed by atoms with E-state index < -0.39 is 0 Å². The highest BCUT2D eigenvalue weighted by Crippen LogP contribution is 2.33. The lowest BCUT2D eigenvalue weighted by molar-refractivity contribution is 0.132. The summed E-state index contributed by atoms with van der Waals surface area (Å²) < 4.78 is 2.80. The van der Waals surface area contributed by atoms with E-state index in [0.29, 0.717) is 18.4 Å². The van der Waals surface area contributed by atoms with Crippen LogP contribution >= 0.6 is 15.9 Å². The Morgan fingerprint density at radius 2 is 2.00 bits per heavy atom. The summed E-state index contributed by atoms with van der Waals surface area (Å²) in [6, 6.07) is 12.1. The first-order valence-corrected chi connectivity index (χ1v) is 12.2. The van der Waals surface area contributed by atoms with Crippen LogP contribution in [0.3, 0.4) is 0 Å². The van der Waals surface area contributed by atoms with Crippen LogP contribution in [0.25, 0.3) is 16.7 Å². The van der Waals surface area contributed by atoms with E-state index in [2.05, 4.69) is 53.3 Å². The molecule has 0 bridgehead atoms. The molecule has 168 valence electrons. The fourth-order valence-electron chi connectivity index (χ4n) is 4.51. The zero-order chi connectivity index (χ0) is 22.2. The molecule has 1 aliphatic heterocycles. The molecule has 0 radical (unpaired) electrons. The van der Waals surface area contributed by atoms with E-state index in [1.54, 1.807) is 6.33 Å². The third-order valence-corrected chi connectivity index (χ3v) is 6.94. The van der Waals surface area contributed by atoms with Gasteiger partial charge in [0.05, 0.1) is 16.9 Å². The molecule has 4 aromatic heterocycles. The van der Waals surface area contributed by atoms with Crippen molar-refractivity contribution in [2.45, 2.75) is 25.7 Å². The second kappa shape index (κ2) is 8.70. The smallest absolute Gasteiger partial charge is 0.163 e. The van der Waals surface area contributed by atoms with Gasteiger partial charge in [0, 0.05) is 31.3 Å². The van der Waals surface area contributed by atoms with Crippen LogP contribution < -0.4 is 4.90 Å². The molecule has 9 heteroatoms. The van der Waals surface area contributed by atoms with Crippen molar-refractivity contribution < 1.29 is 4.84 Å². The van der Waals surface area contributed by atoms with Gasteiger partial charge < -0.3 is 9.74 Å². The lowest BCUT2D eigenvalue weighted by Crippen LogP contribution is -2.37. The number of oxime groups is 1. The van der Waals surface area contributed by atoms with Gasteiger partial charge in [-0.15, -0.1) is 10.2 Å².